The van der Waals surface area contributed by atoms with Gasteiger partial charge in [0.15, 0.2) is 0 Å². The molecule has 0 aliphatic rings. The van der Waals surface area contributed by atoms with Gasteiger partial charge in [0.2, 0.25) is 0 Å². The number of halogens is 1. The minimum Gasteiger partial charge on any atom is -0.399 e. The first-order chi connectivity index (χ1) is 4.61. The van der Waals surface area contributed by atoms with Crippen molar-refractivity contribution in [3.8, 4) is 0 Å². The van der Waals surface area contributed by atoms with Crippen LogP contribution in [0.2, 0.25) is 0 Å². The summed E-state index contributed by atoms with van der Waals surface area (Å²) < 4.78 is 0. The molecule has 1 rings (SSSR count). The fourth-order valence-electron chi connectivity index (χ4n) is 0.784. The highest BCUT2D eigenvalue weighted by atomic mass is 35.5. The number of benzene rings is 1. The van der Waals surface area contributed by atoms with Gasteiger partial charge in [-0.25, -0.2) is 0 Å². The minimum atomic E-state index is 0. The normalized spacial score (nSPS) is 8.82. The molecule has 0 aromatic heterocycles. The maximum Gasteiger partial charge on any atom is 0.0385 e. The largest absolute Gasteiger partial charge is 0.399 e. The molecule has 4 heteroatoms. The van der Waals surface area contributed by atoms with Crippen LogP contribution in [0, 0.1) is 6.92 Å². The Hall–Kier alpha value is -1.09. The lowest BCUT2D eigenvalue weighted by atomic mass is 10.1. The second-order valence-corrected chi connectivity index (χ2v) is 2.32. The maximum absolute atomic E-state index is 5.56. The zero-order valence-corrected chi connectivity index (χ0v) is 7.11. The van der Waals surface area contributed by atoms with Gasteiger partial charge in [-0.2, -0.15) is 0 Å². The Morgan fingerprint density at radius 2 is 1.36 bits per heavy atom. The van der Waals surface area contributed by atoms with Gasteiger partial charge < -0.3 is 17.2 Å². The van der Waals surface area contributed by atoms with Crippen LogP contribution in [0.1, 0.15) is 5.56 Å². The first-order valence-electron chi connectivity index (χ1n) is 3.02. The minimum absolute atomic E-state index is 0. The highest BCUT2D eigenvalue weighted by molar-refractivity contribution is 5.85. The molecule has 0 radical (unpaired) electrons. The molecule has 0 saturated heterocycles. The van der Waals surface area contributed by atoms with Gasteiger partial charge in [0.25, 0.3) is 0 Å². The Morgan fingerprint density at radius 1 is 1.00 bits per heavy atom. The van der Waals surface area contributed by atoms with E-state index in [1.807, 2.05) is 6.92 Å². The van der Waals surface area contributed by atoms with Crippen molar-refractivity contribution in [3.05, 3.63) is 17.7 Å². The van der Waals surface area contributed by atoms with Gasteiger partial charge >= 0.3 is 0 Å². The first-order valence-corrected chi connectivity index (χ1v) is 3.02. The Labute approximate surface area is 72.0 Å². The third-order valence-corrected chi connectivity index (χ3v) is 1.51. The molecule has 0 aliphatic heterocycles. The summed E-state index contributed by atoms with van der Waals surface area (Å²) in [5.74, 6) is 0. The quantitative estimate of drug-likeness (QED) is 0.516. The van der Waals surface area contributed by atoms with Crippen molar-refractivity contribution in [2.45, 2.75) is 6.92 Å². The standard InChI is InChI=1S/C7H11N3.ClH/c1-4-6(9)2-5(8)3-7(4)10;/h2-3H,8-10H2,1H3;1H. The van der Waals surface area contributed by atoms with Crippen molar-refractivity contribution in [1.82, 2.24) is 0 Å². The lowest BCUT2D eigenvalue weighted by Gasteiger charge is -2.04. The van der Waals surface area contributed by atoms with Gasteiger partial charge in [-0.05, 0) is 24.6 Å². The molecule has 0 amide bonds. The Kier molecular flexibility index (Phi) is 3.01. The van der Waals surface area contributed by atoms with E-state index in [1.165, 1.54) is 0 Å². The van der Waals surface area contributed by atoms with Gasteiger partial charge in [0, 0.05) is 17.1 Å². The summed E-state index contributed by atoms with van der Waals surface area (Å²) in [6, 6.07) is 3.40. The summed E-state index contributed by atoms with van der Waals surface area (Å²) in [4.78, 5) is 0. The summed E-state index contributed by atoms with van der Waals surface area (Å²) in [7, 11) is 0. The van der Waals surface area contributed by atoms with Crippen molar-refractivity contribution in [2.75, 3.05) is 17.2 Å². The molecule has 3 nitrogen and oxygen atoms in total. The monoisotopic (exact) mass is 173 g/mol. The Bertz CT molecular complexity index is 237. The van der Waals surface area contributed by atoms with Crippen molar-refractivity contribution < 1.29 is 0 Å². The average Bonchev–Trinajstić information content (AvgIpc) is 1.82. The van der Waals surface area contributed by atoms with Gasteiger partial charge in [-0.1, -0.05) is 0 Å². The zero-order chi connectivity index (χ0) is 7.72. The molecule has 62 valence electrons. The predicted molar refractivity (Wildman–Crippen MR) is 51.7 cm³/mol. The van der Waals surface area contributed by atoms with E-state index >= 15 is 0 Å². The van der Waals surface area contributed by atoms with Crippen LogP contribution in [0.3, 0.4) is 0 Å². The highest BCUT2D eigenvalue weighted by Crippen LogP contribution is 2.21. The number of anilines is 3. The smallest absolute Gasteiger partial charge is 0.0385 e. The Balaban J connectivity index is 0.000001000. The van der Waals surface area contributed by atoms with Crippen LogP contribution in [0.25, 0.3) is 0 Å². The van der Waals surface area contributed by atoms with Gasteiger partial charge in [0.1, 0.15) is 0 Å². The molecule has 1 aromatic carbocycles. The van der Waals surface area contributed by atoms with Gasteiger partial charge in [-0.15, -0.1) is 12.4 Å². The highest BCUT2D eigenvalue weighted by Gasteiger charge is 1.97. The molecule has 1 aromatic rings. The lowest BCUT2D eigenvalue weighted by molar-refractivity contribution is 1.47. The van der Waals surface area contributed by atoms with Crippen LogP contribution in [0.5, 0.6) is 0 Å². The van der Waals surface area contributed by atoms with Crippen LogP contribution in [-0.2, 0) is 0 Å². The molecule has 0 aliphatic carbocycles. The fraction of sp³-hybridized carbons (Fsp3) is 0.143. The van der Waals surface area contributed by atoms with Crippen molar-refractivity contribution in [3.63, 3.8) is 0 Å². The number of hydrogen-bond acceptors (Lipinski definition) is 3. The number of hydrogen-bond donors (Lipinski definition) is 3. The number of rotatable bonds is 0. The molecule has 0 bridgehead atoms. The van der Waals surface area contributed by atoms with Crippen LogP contribution >= 0.6 is 12.4 Å². The lowest BCUT2D eigenvalue weighted by Crippen LogP contribution is -1.98. The summed E-state index contributed by atoms with van der Waals surface area (Å²) in [5, 5.41) is 0. The predicted octanol–water partition coefficient (Wildman–Crippen LogP) is 1.16. The summed E-state index contributed by atoms with van der Waals surface area (Å²) >= 11 is 0. The number of nitrogens with two attached hydrogens (primary N) is 3. The summed E-state index contributed by atoms with van der Waals surface area (Å²) in [6.45, 7) is 1.87. The van der Waals surface area contributed by atoms with Crippen molar-refractivity contribution in [2.24, 2.45) is 0 Å². The summed E-state index contributed by atoms with van der Waals surface area (Å²) in [6.07, 6.45) is 0. The second kappa shape index (κ2) is 3.34. The molecule has 0 unspecified atom stereocenters. The van der Waals surface area contributed by atoms with E-state index in [0.29, 0.717) is 17.1 Å². The SMILES string of the molecule is Cc1c(N)cc(N)cc1N.Cl. The first kappa shape index (κ1) is 9.91. The summed E-state index contributed by atoms with van der Waals surface area (Å²) in [5.41, 5.74) is 19.4. The molecular formula is C7H12ClN3. The molecule has 0 saturated carbocycles. The van der Waals surface area contributed by atoms with Crippen LogP contribution in [-0.4, -0.2) is 0 Å². The van der Waals surface area contributed by atoms with Crippen LogP contribution < -0.4 is 17.2 Å². The van der Waals surface area contributed by atoms with Crippen LogP contribution in [0.4, 0.5) is 17.1 Å². The van der Waals surface area contributed by atoms with Gasteiger partial charge in [0.05, 0.1) is 0 Å². The van der Waals surface area contributed by atoms with E-state index in [4.69, 9.17) is 17.2 Å². The Morgan fingerprint density at radius 3 is 1.73 bits per heavy atom. The fourth-order valence-corrected chi connectivity index (χ4v) is 0.784. The zero-order valence-electron chi connectivity index (χ0n) is 6.29. The molecule has 0 heterocycles. The van der Waals surface area contributed by atoms with Crippen LogP contribution in [0.15, 0.2) is 12.1 Å². The van der Waals surface area contributed by atoms with E-state index in [-0.39, 0.29) is 12.4 Å². The van der Waals surface area contributed by atoms with Gasteiger partial charge in [-0.3, -0.25) is 0 Å². The maximum atomic E-state index is 5.56. The van der Waals surface area contributed by atoms with E-state index in [2.05, 4.69) is 0 Å². The molecule has 11 heavy (non-hydrogen) atoms. The van der Waals surface area contributed by atoms with Crippen molar-refractivity contribution in [1.29, 1.82) is 0 Å². The third kappa shape index (κ3) is 1.91. The molecule has 0 atom stereocenters. The molecule has 0 spiro atoms. The van der Waals surface area contributed by atoms with E-state index in [0.717, 1.165) is 5.56 Å². The van der Waals surface area contributed by atoms with E-state index in [1.54, 1.807) is 12.1 Å². The van der Waals surface area contributed by atoms with E-state index in [9.17, 15) is 0 Å². The molecular weight excluding hydrogens is 162 g/mol. The third-order valence-electron chi connectivity index (χ3n) is 1.51. The molecule has 0 fully saturated rings. The average molecular weight is 174 g/mol. The molecule has 6 N–H and O–H groups in total. The van der Waals surface area contributed by atoms with Crippen molar-refractivity contribution >= 4 is 29.5 Å². The topological polar surface area (TPSA) is 78.1 Å². The second-order valence-electron chi connectivity index (χ2n) is 2.32. The van der Waals surface area contributed by atoms with E-state index < -0.39 is 0 Å². The number of nitrogen functional groups attached to an aromatic ring is 3.